The topological polar surface area (TPSA) is 99.0 Å². The van der Waals surface area contributed by atoms with Crippen molar-refractivity contribution in [2.24, 2.45) is 0 Å². The number of thioether (sulfide) groups is 1. The molecule has 0 fully saturated rings. The highest BCUT2D eigenvalue weighted by Gasteiger charge is 2.10. The number of nitrogen functional groups attached to an aromatic ring is 1. The van der Waals surface area contributed by atoms with Gasteiger partial charge < -0.3 is 15.3 Å². The second-order valence-corrected chi connectivity index (χ2v) is 5.06. The Kier molecular flexibility index (Phi) is 5.29. The molecule has 0 radical (unpaired) electrons. The van der Waals surface area contributed by atoms with Gasteiger partial charge in [0.05, 0.1) is 13.2 Å². The molecule has 2 aromatic rings. The first kappa shape index (κ1) is 15.0. The number of aromatic nitrogens is 3. The van der Waals surface area contributed by atoms with E-state index >= 15 is 0 Å². The number of ether oxygens (including phenoxy) is 2. The number of methoxy groups -OCH3 is 1. The number of hydrogen-bond donors (Lipinski definition) is 1. The lowest BCUT2D eigenvalue weighted by Gasteiger charge is -2.07. The summed E-state index contributed by atoms with van der Waals surface area (Å²) in [6, 6.07) is 9.34. The Labute approximate surface area is 126 Å². The van der Waals surface area contributed by atoms with Crippen LogP contribution in [0.4, 0.5) is 0 Å². The lowest BCUT2D eigenvalue weighted by Crippen LogP contribution is -2.15. The van der Waals surface area contributed by atoms with E-state index in [0.29, 0.717) is 28.9 Å². The van der Waals surface area contributed by atoms with Crippen molar-refractivity contribution in [2.75, 3.05) is 18.7 Å². The highest BCUT2D eigenvalue weighted by Crippen LogP contribution is 2.20. The van der Waals surface area contributed by atoms with Gasteiger partial charge in [0.25, 0.3) is 0 Å². The van der Waals surface area contributed by atoms with Crippen LogP contribution in [-0.4, -0.2) is 27.7 Å². The highest BCUT2D eigenvalue weighted by atomic mass is 32.2. The van der Waals surface area contributed by atoms with E-state index in [9.17, 15) is 0 Å². The summed E-state index contributed by atoms with van der Waals surface area (Å²) in [6.45, 7) is 0.204. The molecule has 2 N–H and O–H groups in total. The molecule has 0 atom stereocenters. The standard InChI is InChI=1S/C13H15N5O2S/c1-19-10-4-2-5-11(8-10)20-9-12-16-17-13(18(12)15)21-7-3-6-14/h2,4-5,8H,3,7,9,15H2,1H3. The van der Waals surface area contributed by atoms with Gasteiger partial charge in [-0.2, -0.15) is 5.26 Å². The molecule has 8 heteroatoms. The molecular formula is C13H15N5O2S. The third-order valence-corrected chi connectivity index (χ3v) is 3.53. The zero-order chi connectivity index (χ0) is 15.1. The van der Waals surface area contributed by atoms with E-state index in [0.717, 1.165) is 5.75 Å². The van der Waals surface area contributed by atoms with Gasteiger partial charge in [-0.05, 0) is 12.1 Å². The zero-order valence-corrected chi connectivity index (χ0v) is 12.3. The number of benzene rings is 1. The van der Waals surface area contributed by atoms with Crippen molar-refractivity contribution < 1.29 is 9.47 Å². The van der Waals surface area contributed by atoms with Crippen molar-refractivity contribution in [1.82, 2.24) is 14.9 Å². The minimum atomic E-state index is 0.204. The van der Waals surface area contributed by atoms with Crippen molar-refractivity contribution >= 4 is 11.8 Å². The molecule has 0 amide bonds. The van der Waals surface area contributed by atoms with E-state index in [4.69, 9.17) is 20.6 Å². The predicted octanol–water partition coefficient (Wildman–Crippen LogP) is 1.59. The molecule has 0 aliphatic rings. The summed E-state index contributed by atoms with van der Waals surface area (Å²) in [7, 11) is 1.60. The molecule has 1 heterocycles. The minimum Gasteiger partial charge on any atom is -0.497 e. The van der Waals surface area contributed by atoms with Gasteiger partial charge in [0.2, 0.25) is 5.16 Å². The zero-order valence-electron chi connectivity index (χ0n) is 11.5. The maximum absolute atomic E-state index is 8.50. The van der Waals surface area contributed by atoms with Crippen molar-refractivity contribution in [1.29, 1.82) is 5.26 Å². The largest absolute Gasteiger partial charge is 0.497 e. The third kappa shape index (κ3) is 4.03. The molecule has 110 valence electrons. The molecule has 1 aromatic carbocycles. The Morgan fingerprint density at radius 3 is 2.95 bits per heavy atom. The van der Waals surface area contributed by atoms with Gasteiger partial charge in [-0.3, -0.25) is 0 Å². The van der Waals surface area contributed by atoms with Crippen molar-refractivity contribution in [3.8, 4) is 17.6 Å². The van der Waals surface area contributed by atoms with E-state index in [2.05, 4.69) is 16.3 Å². The summed E-state index contributed by atoms with van der Waals surface area (Å²) in [6.07, 6.45) is 0.438. The Hall–Kier alpha value is -2.40. The summed E-state index contributed by atoms with van der Waals surface area (Å²) >= 11 is 1.39. The maximum Gasteiger partial charge on any atom is 0.209 e. The first-order valence-corrected chi connectivity index (χ1v) is 7.19. The van der Waals surface area contributed by atoms with Gasteiger partial charge in [-0.25, -0.2) is 4.68 Å². The number of nitrogens with zero attached hydrogens (tertiary/aromatic N) is 4. The maximum atomic E-state index is 8.50. The first-order valence-electron chi connectivity index (χ1n) is 6.20. The first-order chi connectivity index (χ1) is 10.2. The molecule has 0 bridgehead atoms. The second kappa shape index (κ2) is 7.40. The number of nitrogens with two attached hydrogens (primary N) is 1. The van der Waals surface area contributed by atoms with Crippen LogP contribution < -0.4 is 15.3 Å². The molecule has 0 saturated carbocycles. The Bertz CT molecular complexity index is 638. The SMILES string of the molecule is COc1cccc(OCc2nnc(SCCC#N)n2N)c1. The predicted molar refractivity (Wildman–Crippen MR) is 78.5 cm³/mol. The molecule has 0 saturated heterocycles. The van der Waals surface area contributed by atoms with Gasteiger partial charge >= 0.3 is 0 Å². The monoisotopic (exact) mass is 305 g/mol. The molecule has 21 heavy (non-hydrogen) atoms. The summed E-state index contributed by atoms with van der Waals surface area (Å²) < 4.78 is 12.1. The van der Waals surface area contributed by atoms with Gasteiger partial charge in [-0.1, -0.05) is 17.8 Å². The number of nitriles is 1. The van der Waals surface area contributed by atoms with Crippen LogP contribution in [0, 0.1) is 11.3 Å². The number of hydrogen-bond acceptors (Lipinski definition) is 7. The van der Waals surface area contributed by atoms with E-state index in [1.807, 2.05) is 18.2 Å². The van der Waals surface area contributed by atoms with Crippen molar-refractivity contribution in [3.63, 3.8) is 0 Å². The second-order valence-electron chi connectivity index (χ2n) is 3.99. The van der Waals surface area contributed by atoms with Gasteiger partial charge in [0, 0.05) is 18.2 Å². The van der Waals surface area contributed by atoms with Crippen LogP contribution in [0.25, 0.3) is 0 Å². The molecule has 0 aliphatic carbocycles. The van der Waals surface area contributed by atoms with Crippen molar-refractivity contribution in [3.05, 3.63) is 30.1 Å². The fourth-order valence-electron chi connectivity index (χ4n) is 1.53. The van der Waals surface area contributed by atoms with Crippen molar-refractivity contribution in [2.45, 2.75) is 18.2 Å². The van der Waals surface area contributed by atoms with Gasteiger partial charge in [-0.15, -0.1) is 10.2 Å². The van der Waals surface area contributed by atoms with E-state index in [-0.39, 0.29) is 6.61 Å². The van der Waals surface area contributed by atoms with E-state index < -0.39 is 0 Å². The van der Waals surface area contributed by atoms with Crippen LogP contribution in [-0.2, 0) is 6.61 Å². The average Bonchev–Trinajstić information content (AvgIpc) is 2.86. The summed E-state index contributed by atoms with van der Waals surface area (Å²) in [5, 5.41) is 17.0. The summed E-state index contributed by atoms with van der Waals surface area (Å²) in [5.74, 6) is 8.41. The van der Waals surface area contributed by atoms with Gasteiger partial charge in [0.15, 0.2) is 5.82 Å². The minimum absolute atomic E-state index is 0.204. The normalized spacial score (nSPS) is 10.1. The van der Waals surface area contributed by atoms with Gasteiger partial charge in [0.1, 0.15) is 18.1 Å². The quantitative estimate of drug-likeness (QED) is 0.471. The molecule has 0 spiro atoms. The lowest BCUT2D eigenvalue weighted by molar-refractivity contribution is 0.289. The molecule has 2 rings (SSSR count). The van der Waals surface area contributed by atoms with Crippen LogP contribution in [0.1, 0.15) is 12.2 Å². The summed E-state index contributed by atoms with van der Waals surface area (Å²) in [4.78, 5) is 0. The van der Waals surface area contributed by atoms with E-state index in [1.54, 1.807) is 13.2 Å². The fourth-order valence-corrected chi connectivity index (χ4v) is 2.25. The molecule has 1 aromatic heterocycles. The Morgan fingerprint density at radius 1 is 1.38 bits per heavy atom. The smallest absolute Gasteiger partial charge is 0.209 e. The van der Waals surface area contributed by atoms with Crippen LogP contribution in [0.5, 0.6) is 11.5 Å². The third-order valence-electron chi connectivity index (χ3n) is 2.59. The van der Waals surface area contributed by atoms with E-state index in [1.165, 1.54) is 16.4 Å². The number of rotatable bonds is 7. The molecule has 0 unspecified atom stereocenters. The Morgan fingerprint density at radius 2 is 2.19 bits per heavy atom. The fraction of sp³-hybridized carbons (Fsp3) is 0.308. The van der Waals surface area contributed by atoms with Crippen LogP contribution in [0.15, 0.2) is 29.4 Å². The van der Waals surface area contributed by atoms with Crippen LogP contribution >= 0.6 is 11.8 Å². The lowest BCUT2D eigenvalue weighted by atomic mass is 10.3. The molecule has 7 nitrogen and oxygen atoms in total. The highest BCUT2D eigenvalue weighted by molar-refractivity contribution is 7.99. The Balaban J connectivity index is 1.95. The molecule has 0 aliphatic heterocycles. The summed E-state index contributed by atoms with van der Waals surface area (Å²) in [5.41, 5.74) is 0. The van der Waals surface area contributed by atoms with Crippen LogP contribution in [0.2, 0.25) is 0 Å². The average molecular weight is 305 g/mol. The van der Waals surface area contributed by atoms with Crippen LogP contribution in [0.3, 0.4) is 0 Å². The molecular weight excluding hydrogens is 290 g/mol.